The Morgan fingerprint density at radius 1 is 1.32 bits per heavy atom. The highest BCUT2D eigenvalue weighted by Gasteiger charge is 2.33. The maximum absolute atomic E-state index is 13.0. The molecular formula is C20H27N5O3. The van der Waals surface area contributed by atoms with Crippen molar-refractivity contribution in [1.29, 1.82) is 0 Å². The molecule has 0 aliphatic carbocycles. The number of carbonyl (C=O) groups excluding carboxylic acids is 1. The first-order valence-corrected chi connectivity index (χ1v) is 10.0. The van der Waals surface area contributed by atoms with Crippen LogP contribution >= 0.6 is 0 Å². The largest absolute Gasteiger partial charge is 0.351 e. The molecule has 0 radical (unpaired) electrons. The van der Waals surface area contributed by atoms with E-state index >= 15 is 0 Å². The molecular weight excluding hydrogens is 358 g/mol. The molecule has 150 valence electrons. The van der Waals surface area contributed by atoms with Crippen molar-refractivity contribution in [2.45, 2.75) is 65.1 Å². The smallest absolute Gasteiger partial charge is 0.293 e. The first-order chi connectivity index (χ1) is 13.4. The van der Waals surface area contributed by atoms with Gasteiger partial charge in [-0.15, -0.1) is 0 Å². The number of H-pyrrole nitrogens is 1. The fourth-order valence-corrected chi connectivity index (χ4v) is 4.13. The molecule has 0 aromatic carbocycles. The van der Waals surface area contributed by atoms with Crippen LogP contribution < -0.4 is 5.56 Å². The maximum Gasteiger partial charge on any atom is 0.293 e. The Morgan fingerprint density at radius 2 is 2.14 bits per heavy atom. The molecule has 1 saturated heterocycles. The number of piperidine rings is 1. The summed E-state index contributed by atoms with van der Waals surface area (Å²) >= 11 is 0. The minimum atomic E-state index is -0.243. The van der Waals surface area contributed by atoms with Crippen LogP contribution in [0.15, 0.2) is 15.4 Å². The van der Waals surface area contributed by atoms with E-state index < -0.39 is 0 Å². The second-order valence-electron chi connectivity index (χ2n) is 8.03. The van der Waals surface area contributed by atoms with Gasteiger partial charge in [0.1, 0.15) is 5.82 Å². The highest BCUT2D eigenvalue weighted by atomic mass is 16.5. The predicted octanol–water partition coefficient (Wildman–Crippen LogP) is 2.20. The lowest BCUT2D eigenvalue weighted by molar-refractivity contribution is 0.0556. The maximum atomic E-state index is 13.0. The second-order valence-corrected chi connectivity index (χ2v) is 8.03. The topological polar surface area (TPSA) is 95.3 Å². The fraction of sp³-hybridized carbons (Fsp3) is 0.600. The van der Waals surface area contributed by atoms with Gasteiger partial charge in [0.25, 0.3) is 11.5 Å². The van der Waals surface area contributed by atoms with Crippen LogP contribution in [-0.2, 0) is 13.0 Å². The van der Waals surface area contributed by atoms with Gasteiger partial charge in [0.15, 0.2) is 0 Å². The lowest BCUT2D eigenvalue weighted by Crippen LogP contribution is -2.42. The molecule has 0 bridgehead atoms. The summed E-state index contributed by atoms with van der Waals surface area (Å²) < 4.78 is 5.17. The molecule has 2 aliphatic rings. The zero-order valence-corrected chi connectivity index (χ0v) is 16.7. The van der Waals surface area contributed by atoms with Crippen LogP contribution in [0.1, 0.15) is 72.5 Å². The molecule has 1 fully saturated rings. The summed E-state index contributed by atoms with van der Waals surface area (Å²) in [5.74, 6) is 0.625. The number of likely N-dealkylation sites (tertiary alicyclic amines) is 1. The number of aryl methyl sites for hydroxylation is 1. The molecule has 0 unspecified atom stereocenters. The molecule has 0 spiro atoms. The average Bonchev–Trinajstić information content (AvgIpc) is 3.13. The fourth-order valence-electron chi connectivity index (χ4n) is 4.13. The third-order valence-corrected chi connectivity index (χ3v) is 5.76. The van der Waals surface area contributed by atoms with E-state index in [1.807, 2.05) is 0 Å². The van der Waals surface area contributed by atoms with Gasteiger partial charge < -0.3 is 14.4 Å². The predicted molar refractivity (Wildman–Crippen MR) is 103 cm³/mol. The lowest BCUT2D eigenvalue weighted by atomic mass is 9.99. The van der Waals surface area contributed by atoms with E-state index in [2.05, 4.69) is 28.9 Å². The molecule has 8 heteroatoms. The van der Waals surface area contributed by atoms with Crippen molar-refractivity contribution in [1.82, 2.24) is 24.9 Å². The third-order valence-electron chi connectivity index (χ3n) is 5.76. The Bertz CT molecular complexity index is 932. The average molecular weight is 385 g/mol. The van der Waals surface area contributed by atoms with Crippen molar-refractivity contribution < 1.29 is 9.32 Å². The number of nitrogens with one attached hydrogen (secondary N) is 1. The quantitative estimate of drug-likeness (QED) is 0.870. The number of aromatic nitrogens is 3. The SMILES string of the molecule is Cc1cc(C(=O)N2CCCC[C@@H]2c2nc3c(c(=O)[nH]2)CN(C(C)C)CC3)on1. The number of hydrogen-bond donors (Lipinski definition) is 1. The first kappa shape index (κ1) is 18.9. The Morgan fingerprint density at radius 3 is 2.86 bits per heavy atom. The summed E-state index contributed by atoms with van der Waals surface area (Å²) in [5.41, 5.74) is 2.21. The van der Waals surface area contributed by atoms with E-state index in [0.717, 1.165) is 43.5 Å². The molecule has 1 amide bonds. The Kier molecular flexibility index (Phi) is 5.05. The number of fused-ring (bicyclic) bond motifs is 1. The van der Waals surface area contributed by atoms with E-state index in [1.54, 1.807) is 17.9 Å². The summed E-state index contributed by atoms with van der Waals surface area (Å²) in [4.78, 5) is 37.6. The van der Waals surface area contributed by atoms with Gasteiger partial charge >= 0.3 is 0 Å². The molecule has 1 N–H and O–H groups in total. The van der Waals surface area contributed by atoms with Crippen molar-refractivity contribution in [3.63, 3.8) is 0 Å². The number of carbonyl (C=O) groups is 1. The van der Waals surface area contributed by atoms with Crippen LogP contribution in [-0.4, -0.2) is 50.0 Å². The first-order valence-electron chi connectivity index (χ1n) is 10.0. The van der Waals surface area contributed by atoms with Crippen LogP contribution in [0, 0.1) is 6.92 Å². The highest BCUT2D eigenvalue weighted by Crippen LogP contribution is 2.31. The van der Waals surface area contributed by atoms with Crippen LogP contribution in [0.4, 0.5) is 0 Å². The second kappa shape index (κ2) is 7.50. The molecule has 28 heavy (non-hydrogen) atoms. The zero-order chi connectivity index (χ0) is 19.8. The standard InChI is InChI=1S/C20H27N5O3/c1-12(2)24-9-7-15-14(11-24)19(26)22-18(21-15)16-6-4-5-8-25(16)20(27)17-10-13(3)23-28-17/h10,12,16H,4-9,11H2,1-3H3,(H,21,22,26)/t16-/m1/s1. The Labute approximate surface area is 163 Å². The minimum absolute atomic E-state index is 0.0844. The van der Waals surface area contributed by atoms with E-state index in [4.69, 9.17) is 9.51 Å². The van der Waals surface area contributed by atoms with E-state index in [1.165, 1.54) is 0 Å². The Balaban J connectivity index is 1.64. The van der Waals surface area contributed by atoms with Gasteiger partial charge in [0.2, 0.25) is 5.76 Å². The third kappa shape index (κ3) is 3.48. The van der Waals surface area contributed by atoms with Gasteiger partial charge in [0.05, 0.1) is 23.0 Å². The number of hydrogen-bond acceptors (Lipinski definition) is 6. The lowest BCUT2D eigenvalue weighted by Gasteiger charge is -2.35. The van der Waals surface area contributed by atoms with Crippen LogP contribution in [0.5, 0.6) is 0 Å². The van der Waals surface area contributed by atoms with Crippen molar-refractivity contribution in [2.75, 3.05) is 13.1 Å². The van der Waals surface area contributed by atoms with Gasteiger partial charge in [-0.25, -0.2) is 4.98 Å². The van der Waals surface area contributed by atoms with Gasteiger partial charge in [-0.1, -0.05) is 5.16 Å². The summed E-state index contributed by atoms with van der Waals surface area (Å²) in [6.45, 7) is 8.20. The molecule has 2 aromatic rings. The number of amides is 1. The number of rotatable bonds is 3. The van der Waals surface area contributed by atoms with Crippen LogP contribution in [0.3, 0.4) is 0 Å². The van der Waals surface area contributed by atoms with Gasteiger partial charge in [-0.2, -0.15) is 0 Å². The summed E-state index contributed by atoms with van der Waals surface area (Å²) in [7, 11) is 0. The number of aromatic amines is 1. The van der Waals surface area contributed by atoms with Crippen molar-refractivity contribution in [3.8, 4) is 0 Å². The Hall–Kier alpha value is -2.48. The van der Waals surface area contributed by atoms with Gasteiger partial charge in [-0.3, -0.25) is 14.5 Å². The molecule has 2 aliphatic heterocycles. The molecule has 1 atom stereocenters. The zero-order valence-electron chi connectivity index (χ0n) is 16.7. The molecule has 0 saturated carbocycles. The summed E-state index contributed by atoms with van der Waals surface area (Å²) in [6.07, 6.45) is 3.45. The number of nitrogens with zero attached hydrogens (tertiary/aromatic N) is 4. The summed E-state index contributed by atoms with van der Waals surface area (Å²) in [6, 6.07) is 1.80. The van der Waals surface area contributed by atoms with Crippen molar-refractivity contribution >= 4 is 5.91 Å². The van der Waals surface area contributed by atoms with Crippen LogP contribution in [0.25, 0.3) is 0 Å². The van der Waals surface area contributed by atoms with Gasteiger partial charge in [0, 0.05) is 38.2 Å². The molecule has 8 nitrogen and oxygen atoms in total. The summed E-state index contributed by atoms with van der Waals surface area (Å²) in [5, 5.41) is 3.82. The molecule has 4 heterocycles. The molecule has 2 aromatic heterocycles. The van der Waals surface area contributed by atoms with Crippen molar-refractivity contribution in [2.24, 2.45) is 0 Å². The minimum Gasteiger partial charge on any atom is -0.351 e. The highest BCUT2D eigenvalue weighted by molar-refractivity contribution is 5.91. The van der Waals surface area contributed by atoms with Crippen LogP contribution in [0.2, 0.25) is 0 Å². The van der Waals surface area contributed by atoms with E-state index in [-0.39, 0.29) is 23.3 Å². The van der Waals surface area contributed by atoms with Gasteiger partial charge in [-0.05, 0) is 40.0 Å². The van der Waals surface area contributed by atoms with Crippen molar-refractivity contribution in [3.05, 3.63) is 45.0 Å². The monoisotopic (exact) mass is 385 g/mol. The van der Waals surface area contributed by atoms with E-state index in [9.17, 15) is 9.59 Å². The molecule has 4 rings (SSSR count). The van der Waals surface area contributed by atoms with E-state index in [0.29, 0.717) is 30.6 Å². The normalized spacial score (nSPS) is 20.4.